The Morgan fingerprint density at radius 1 is 1.14 bits per heavy atom. The van der Waals surface area contributed by atoms with Crippen LogP contribution in [0.15, 0.2) is 30.4 Å². The Kier molecular flexibility index (Phi) is 6.40. The summed E-state index contributed by atoms with van der Waals surface area (Å²) in [6.45, 7) is 8.38. The van der Waals surface area contributed by atoms with Crippen LogP contribution in [0, 0.1) is 13.8 Å². The molecule has 1 aromatic carbocycles. The lowest BCUT2D eigenvalue weighted by Crippen LogP contribution is -2.26. The molecule has 1 aromatic heterocycles. The van der Waals surface area contributed by atoms with Gasteiger partial charge in [0.05, 0.1) is 6.10 Å². The Balaban J connectivity index is 2.03. The molecule has 2 aromatic rings. The van der Waals surface area contributed by atoms with Gasteiger partial charge in [0.15, 0.2) is 0 Å². The maximum Gasteiger partial charge on any atom is 0.252 e. The molecular formula is C23H27ClN2O2. The van der Waals surface area contributed by atoms with Crippen LogP contribution in [0.5, 0.6) is 5.75 Å². The number of benzene rings is 1. The van der Waals surface area contributed by atoms with E-state index >= 15 is 0 Å². The highest BCUT2D eigenvalue weighted by molar-refractivity contribution is 6.31. The normalized spacial score (nSPS) is 15.7. The molecule has 0 atom stereocenters. The van der Waals surface area contributed by atoms with Crippen LogP contribution >= 0.6 is 11.6 Å². The Labute approximate surface area is 172 Å². The summed E-state index contributed by atoms with van der Waals surface area (Å²) >= 11 is 6.29. The van der Waals surface area contributed by atoms with E-state index in [1.165, 1.54) is 5.56 Å². The second-order valence-electron chi connectivity index (χ2n) is 7.48. The zero-order chi connectivity index (χ0) is 20.3. The van der Waals surface area contributed by atoms with E-state index < -0.39 is 0 Å². The maximum absolute atomic E-state index is 13.0. The van der Waals surface area contributed by atoms with Gasteiger partial charge in [0.1, 0.15) is 5.75 Å². The molecule has 2 heterocycles. The third-order valence-corrected chi connectivity index (χ3v) is 5.05. The quantitative estimate of drug-likeness (QED) is 0.715. The first kappa shape index (κ1) is 20.4. The summed E-state index contributed by atoms with van der Waals surface area (Å²) in [5.74, 6) is 0.522. The van der Waals surface area contributed by atoms with Crippen LogP contribution in [-0.4, -0.2) is 17.0 Å². The van der Waals surface area contributed by atoms with Crippen LogP contribution in [-0.2, 0) is 19.4 Å². The molecular weight excluding hydrogens is 372 g/mol. The number of fused-ring (bicyclic) bond motifs is 2. The molecule has 1 aliphatic heterocycles. The molecule has 5 heteroatoms. The lowest BCUT2D eigenvalue weighted by molar-refractivity contribution is 0.0949. The molecule has 28 heavy (non-hydrogen) atoms. The molecule has 0 bridgehead atoms. The van der Waals surface area contributed by atoms with Crippen LogP contribution in [0.4, 0.5) is 0 Å². The number of ether oxygens (including phenoxy) is 1. The van der Waals surface area contributed by atoms with E-state index in [-0.39, 0.29) is 12.0 Å². The van der Waals surface area contributed by atoms with Crippen molar-refractivity contribution < 1.29 is 9.53 Å². The van der Waals surface area contributed by atoms with E-state index in [1.54, 1.807) is 12.1 Å². The number of nitrogens with one attached hydrogen (secondary N) is 1. The van der Waals surface area contributed by atoms with Gasteiger partial charge < -0.3 is 10.1 Å². The van der Waals surface area contributed by atoms with Crippen molar-refractivity contribution in [2.24, 2.45) is 0 Å². The number of aryl methyl sites for hydroxylation is 3. The number of halogens is 1. The average Bonchev–Trinajstić information content (AvgIpc) is 2.59. The number of pyridine rings is 1. The van der Waals surface area contributed by atoms with Gasteiger partial charge in [-0.1, -0.05) is 23.8 Å². The van der Waals surface area contributed by atoms with Crippen LogP contribution in [0.2, 0.25) is 5.02 Å². The summed E-state index contributed by atoms with van der Waals surface area (Å²) in [7, 11) is 0. The van der Waals surface area contributed by atoms with Gasteiger partial charge in [-0.2, -0.15) is 0 Å². The zero-order valence-corrected chi connectivity index (χ0v) is 17.7. The maximum atomic E-state index is 13.0. The first-order chi connectivity index (χ1) is 13.3. The van der Waals surface area contributed by atoms with Gasteiger partial charge in [0.2, 0.25) is 0 Å². The van der Waals surface area contributed by atoms with Gasteiger partial charge >= 0.3 is 0 Å². The summed E-state index contributed by atoms with van der Waals surface area (Å²) in [5, 5.41) is 3.56. The minimum Gasteiger partial charge on any atom is -0.491 e. The van der Waals surface area contributed by atoms with Crippen molar-refractivity contribution >= 4 is 17.5 Å². The highest BCUT2D eigenvalue weighted by atomic mass is 35.5. The fourth-order valence-electron chi connectivity index (χ4n) is 3.61. The van der Waals surface area contributed by atoms with Crippen molar-refractivity contribution in [3.05, 3.63) is 69.0 Å². The number of hydrogen-bond donors (Lipinski definition) is 1. The number of carbonyl (C=O) groups is 1. The van der Waals surface area contributed by atoms with Crippen molar-refractivity contribution in [1.29, 1.82) is 0 Å². The van der Waals surface area contributed by atoms with E-state index in [9.17, 15) is 4.79 Å². The molecule has 148 valence electrons. The molecule has 3 rings (SSSR count). The SMILES string of the molecule is Cc1cc2c(c(C)n1)CNC(=O)c1cc(Cl)cc(OC(C)C)c1C/C=C/CC2. The summed E-state index contributed by atoms with van der Waals surface area (Å²) < 4.78 is 5.95. The van der Waals surface area contributed by atoms with Crippen LogP contribution in [0.3, 0.4) is 0 Å². The van der Waals surface area contributed by atoms with E-state index in [4.69, 9.17) is 16.3 Å². The molecule has 0 radical (unpaired) electrons. The average molecular weight is 399 g/mol. The molecule has 0 unspecified atom stereocenters. The molecule has 0 saturated heterocycles. The molecule has 0 aliphatic carbocycles. The highest BCUT2D eigenvalue weighted by Crippen LogP contribution is 2.30. The predicted molar refractivity (Wildman–Crippen MR) is 113 cm³/mol. The fourth-order valence-corrected chi connectivity index (χ4v) is 3.81. The molecule has 0 saturated carbocycles. The third-order valence-electron chi connectivity index (χ3n) is 4.83. The molecule has 1 aliphatic rings. The number of carbonyl (C=O) groups excluding carboxylic acids is 1. The number of hydrogen-bond acceptors (Lipinski definition) is 3. The van der Waals surface area contributed by atoms with Crippen molar-refractivity contribution in [1.82, 2.24) is 10.3 Å². The van der Waals surface area contributed by atoms with Gasteiger partial charge in [0.25, 0.3) is 5.91 Å². The number of rotatable bonds is 2. The Bertz CT molecular complexity index is 919. The minimum absolute atomic E-state index is 0.000156. The molecule has 0 fully saturated rings. The Morgan fingerprint density at radius 2 is 1.93 bits per heavy atom. The van der Waals surface area contributed by atoms with Crippen LogP contribution < -0.4 is 10.1 Å². The van der Waals surface area contributed by atoms with Crippen LogP contribution in [0.1, 0.15) is 58.7 Å². The zero-order valence-electron chi connectivity index (χ0n) is 16.9. The van der Waals surface area contributed by atoms with E-state index in [2.05, 4.69) is 28.5 Å². The van der Waals surface area contributed by atoms with Crippen molar-refractivity contribution in [3.63, 3.8) is 0 Å². The second kappa shape index (κ2) is 8.78. The topological polar surface area (TPSA) is 51.2 Å². The van der Waals surface area contributed by atoms with Crippen molar-refractivity contribution in [2.45, 2.75) is 59.6 Å². The molecule has 0 spiro atoms. The minimum atomic E-state index is -0.147. The standard InChI is InChI=1S/C23H27ClN2O2/c1-14(2)28-22-12-18(24)11-20-19(22)9-7-5-6-8-17-10-15(3)26-16(4)21(17)13-25-23(20)27/h5,7,10-12,14H,6,8-9,13H2,1-4H3,(H,25,27)/b7-5+. The predicted octanol–water partition coefficient (Wildman–Crippen LogP) is 5.11. The summed E-state index contributed by atoms with van der Waals surface area (Å²) in [4.78, 5) is 17.6. The number of amides is 1. The van der Waals surface area contributed by atoms with Gasteiger partial charge in [0, 0.05) is 34.1 Å². The largest absolute Gasteiger partial charge is 0.491 e. The van der Waals surface area contributed by atoms with E-state index in [0.29, 0.717) is 29.3 Å². The monoisotopic (exact) mass is 398 g/mol. The summed E-state index contributed by atoms with van der Waals surface area (Å²) in [6.07, 6.45) is 6.77. The van der Waals surface area contributed by atoms with Gasteiger partial charge in [-0.05, 0) is 76.3 Å². The number of nitrogens with zero attached hydrogens (tertiary/aromatic N) is 1. The molecule has 4 nitrogen and oxygen atoms in total. The lowest BCUT2D eigenvalue weighted by atomic mass is 9.98. The summed E-state index contributed by atoms with van der Waals surface area (Å²) in [5.41, 5.74) is 5.73. The highest BCUT2D eigenvalue weighted by Gasteiger charge is 2.19. The molecule has 1 N–H and O–H groups in total. The van der Waals surface area contributed by atoms with Crippen LogP contribution in [0.25, 0.3) is 0 Å². The van der Waals surface area contributed by atoms with Gasteiger partial charge in [-0.3, -0.25) is 9.78 Å². The third kappa shape index (κ3) is 4.74. The number of aromatic nitrogens is 1. The first-order valence-corrected chi connectivity index (χ1v) is 10.1. The lowest BCUT2D eigenvalue weighted by Gasteiger charge is -2.19. The second-order valence-corrected chi connectivity index (χ2v) is 7.92. The van der Waals surface area contributed by atoms with Crippen molar-refractivity contribution in [3.8, 4) is 5.75 Å². The molecule has 1 amide bonds. The smallest absolute Gasteiger partial charge is 0.252 e. The van der Waals surface area contributed by atoms with Gasteiger partial charge in [-0.25, -0.2) is 0 Å². The van der Waals surface area contributed by atoms with Crippen molar-refractivity contribution in [2.75, 3.05) is 0 Å². The van der Waals surface area contributed by atoms with E-state index in [1.807, 2.05) is 27.7 Å². The first-order valence-electron chi connectivity index (χ1n) is 9.73. The fraction of sp³-hybridized carbons (Fsp3) is 0.391. The Morgan fingerprint density at radius 3 is 2.68 bits per heavy atom. The van der Waals surface area contributed by atoms with E-state index in [0.717, 1.165) is 35.4 Å². The number of allylic oxidation sites excluding steroid dienone is 2. The van der Waals surface area contributed by atoms with Gasteiger partial charge in [-0.15, -0.1) is 0 Å². The summed E-state index contributed by atoms with van der Waals surface area (Å²) in [6, 6.07) is 5.63. The Hall–Kier alpha value is -2.33.